The molecular formula is C17H14ClNO3. The summed E-state index contributed by atoms with van der Waals surface area (Å²) in [6.45, 7) is 0. The summed E-state index contributed by atoms with van der Waals surface area (Å²) in [5.41, 5.74) is 0.778. The van der Waals surface area contributed by atoms with Crippen LogP contribution in [0.25, 0.3) is 10.9 Å². The average Bonchev–Trinajstić information content (AvgIpc) is 2.54. The molecule has 0 saturated heterocycles. The maximum atomic E-state index is 6.00. The lowest BCUT2D eigenvalue weighted by Gasteiger charge is -2.11. The Hall–Kier alpha value is -2.46. The number of benzene rings is 2. The number of halogens is 1. The van der Waals surface area contributed by atoms with Crippen LogP contribution in [0, 0.1) is 0 Å². The minimum atomic E-state index is 0.624. The van der Waals surface area contributed by atoms with Gasteiger partial charge in [0.2, 0.25) is 0 Å². The van der Waals surface area contributed by atoms with E-state index in [0.29, 0.717) is 28.0 Å². The zero-order chi connectivity index (χ0) is 15.5. The highest BCUT2D eigenvalue weighted by molar-refractivity contribution is 6.31. The lowest BCUT2D eigenvalue weighted by molar-refractivity contribution is 0.387. The first-order valence-corrected chi connectivity index (χ1v) is 7.02. The van der Waals surface area contributed by atoms with E-state index < -0.39 is 0 Å². The Morgan fingerprint density at radius 3 is 2.23 bits per heavy atom. The van der Waals surface area contributed by atoms with Crippen LogP contribution in [0.4, 0.5) is 0 Å². The molecule has 0 fully saturated rings. The first-order chi connectivity index (χ1) is 10.7. The summed E-state index contributed by atoms with van der Waals surface area (Å²) >= 11 is 6.00. The zero-order valence-corrected chi connectivity index (χ0v) is 12.9. The van der Waals surface area contributed by atoms with E-state index in [1.165, 1.54) is 0 Å². The van der Waals surface area contributed by atoms with Crippen LogP contribution in [0.2, 0.25) is 5.02 Å². The molecular weight excluding hydrogens is 302 g/mol. The van der Waals surface area contributed by atoms with Crippen LogP contribution in [0.1, 0.15) is 0 Å². The molecule has 0 spiro atoms. The van der Waals surface area contributed by atoms with Gasteiger partial charge in [0.15, 0.2) is 0 Å². The van der Waals surface area contributed by atoms with Gasteiger partial charge in [-0.1, -0.05) is 11.6 Å². The normalized spacial score (nSPS) is 10.5. The molecule has 0 radical (unpaired) electrons. The van der Waals surface area contributed by atoms with Crippen molar-refractivity contribution in [2.24, 2.45) is 0 Å². The smallest absolute Gasteiger partial charge is 0.138 e. The van der Waals surface area contributed by atoms with Gasteiger partial charge >= 0.3 is 0 Å². The van der Waals surface area contributed by atoms with Crippen LogP contribution in [0.15, 0.2) is 48.7 Å². The highest BCUT2D eigenvalue weighted by Crippen LogP contribution is 2.34. The maximum absolute atomic E-state index is 6.00. The monoisotopic (exact) mass is 315 g/mol. The van der Waals surface area contributed by atoms with Crippen molar-refractivity contribution in [2.45, 2.75) is 0 Å². The Labute approximate surface area is 133 Å². The second kappa shape index (κ2) is 6.12. The highest BCUT2D eigenvalue weighted by Gasteiger charge is 2.08. The van der Waals surface area contributed by atoms with Crippen molar-refractivity contribution in [3.63, 3.8) is 0 Å². The van der Waals surface area contributed by atoms with E-state index in [-0.39, 0.29) is 0 Å². The van der Waals surface area contributed by atoms with Gasteiger partial charge in [0.1, 0.15) is 23.0 Å². The van der Waals surface area contributed by atoms with E-state index in [2.05, 4.69) is 4.98 Å². The Morgan fingerprint density at radius 2 is 1.55 bits per heavy atom. The van der Waals surface area contributed by atoms with Gasteiger partial charge in [0.05, 0.1) is 19.7 Å². The van der Waals surface area contributed by atoms with Crippen LogP contribution in [-0.2, 0) is 0 Å². The van der Waals surface area contributed by atoms with Crippen LogP contribution in [0.5, 0.6) is 23.0 Å². The molecule has 3 rings (SSSR count). The van der Waals surface area contributed by atoms with Gasteiger partial charge in [-0.2, -0.15) is 0 Å². The summed E-state index contributed by atoms with van der Waals surface area (Å²) in [5, 5.41) is 1.52. The maximum Gasteiger partial charge on any atom is 0.138 e. The van der Waals surface area contributed by atoms with Crippen molar-refractivity contribution in [2.75, 3.05) is 14.2 Å². The third-order valence-corrected chi connectivity index (χ3v) is 3.45. The minimum absolute atomic E-state index is 0.624. The number of hydrogen-bond donors (Lipinski definition) is 0. The number of methoxy groups -OCH3 is 2. The summed E-state index contributed by atoms with van der Waals surface area (Å²) in [5.74, 6) is 2.64. The van der Waals surface area contributed by atoms with Crippen LogP contribution in [-0.4, -0.2) is 19.2 Å². The molecule has 0 aliphatic heterocycles. The van der Waals surface area contributed by atoms with Crippen LogP contribution >= 0.6 is 11.6 Å². The molecule has 0 atom stereocenters. The minimum Gasteiger partial charge on any atom is -0.496 e. The average molecular weight is 316 g/mol. The predicted molar refractivity (Wildman–Crippen MR) is 86.4 cm³/mol. The standard InChI is InChI=1S/C17H14ClNO3/c1-20-12-8-13(21-2)10-14(9-12)22-17-5-6-19-16-7-11(18)3-4-15(16)17/h3-10H,1-2H3. The summed E-state index contributed by atoms with van der Waals surface area (Å²) in [6.07, 6.45) is 1.69. The molecule has 0 amide bonds. The topological polar surface area (TPSA) is 40.6 Å². The fraction of sp³-hybridized carbons (Fsp3) is 0.118. The quantitative estimate of drug-likeness (QED) is 0.700. The summed E-state index contributed by atoms with van der Waals surface area (Å²) < 4.78 is 16.5. The molecule has 2 aromatic carbocycles. The summed E-state index contributed by atoms with van der Waals surface area (Å²) in [4.78, 5) is 4.30. The predicted octanol–water partition coefficient (Wildman–Crippen LogP) is 4.70. The SMILES string of the molecule is COc1cc(OC)cc(Oc2ccnc3cc(Cl)ccc23)c1. The second-order valence-electron chi connectivity index (χ2n) is 4.62. The van der Waals surface area contributed by atoms with Crippen molar-refractivity contribution in [1.82, 2.24) is 4.98 Å². The van der Waals surface area contributed by atoms with Crippen molar-refractivity contribution in [3.05, 3.63) is 53.7 Å². The molecule has 4 nitrogen and oxygen atoms in total. The molecule has 22 heavy (non-hydrogen) atoms. The zero-order valence-electron chi connectivity index (χ0n) is 12.2. The molecule has 0 saturated carbocycles. The lowest BCUT2D eigenvalue weighted by atomic mass is 10.2. The van der Waals surface area contributed by atoms with Crippen LogP contribution in [0.3, 0.4) is 0 Å². The van der Waals surface area contributed by atoms with Gasteiger partial charge in [0, 0.05) is 34.8 Å². The molecule has 5 heteroatoms. The first kappa shape index (κ1) is 14.5. The van der Waals surface area contributed by atoms with Gasteiger partial charge in [-0.3, -0.25) is 4.98 Å². The molecule has 1 heterocycles. The van der Waals surface area contributed by atoms with E-state index in [1.54, 1.807) is 44.7 Å². The molecule has 0 aliphatic carbocycles. The molecule has 0 N–H and O–H groups in total. The number of ether oxygens (including phenoxy) is 3. The van der Waals surface area contributed by atoms with E-state index in [4.69, 9.17) is 25.8 Å². The Balaban J connectivity index is 2.03. The van der Waals surface area contributed by atoms with Gasteiger partial charge < -0.3 is 14.2 Å². The number of hydrogen-bond acceptors (Lipinski definition) is 4. The third-order valence-electron chi connectivity index (χ3n) is 3.22. The lowest BCUT2D eigenvalue weighted by Crippen LogP contribution is -1.91. The number of fused-ring (bicyclic) bond motifs is 1. The van der Waals surface area contributed by atoms with Crippen molar-refractivity contribution >= 4 is 22.5 Å². The molecule has 0 bridgehead atoms. The summed E-state index contributed by atoms with van der Waals surface area (Å²) in [7, 11) is 3.20. The Morgan fingerprint density at radius 1 is 0.864 bits per heavy atom. The second-order valence-corrected chi connectivity index (χ2v) is 5.06. The number of aromatic nitrogens is 1. The number of pyridine rings is 1. The van der Waals surface area contributed by atoms with Gasteiger partial charge in [0.25, 0.3) is 0 Å². The van der Waals surface area contributed by atoms with Gasteiger partial charge in [-0.05, 0) is 24.3 Å². The molecule has 0 aliphatic rings. The number of nitrogens with zero attached hydrogens (tertiary/aromatic N) is 1. The van der Waals surface area contributed by atoms with Crippen molar-refractivity contribution in [1.29, 1.82) is 0 Å². The first-order valence-electron chi connectivity index (χ1n) is 6.65. The molecule has 0 unspecified atom stereocenters. The van der Waals surface area contributed by atoms with Crippen LogP contribution < -0.4 is 14.2 Å². The van der Waals surface area contributed by atoms with E-state index in [0.717, 1.165) is 10.9 Å². The number of rotatable bonds is 4. The third kappa shape index (κ3) is 2.92. The van der Waals surface area contributed by atoms with Gasteiger partial charge in [-0.15, -0.1) is 0 Å². The fourth-order valence-electron chi connectivity index (χ4n) is 2.15. The van der Waals surface area contributed by atoms with Gasteiger partial charge in [-0.25, -0.2) is 0 Å². The Kier molecular flexibility index (Phi) is 4.02. The largest absolute Gasteiger partial charge is 0.496 e. The van der Waals surface area contributed by atoms with Crippen molar-refractivity contribution in [3.8, 4) is 23.0 Å². The van der Waals surface area contributed by atoms with Crippen molar-refractivity contribution < 1.29 is 14.2 Å². The molecule has 3 aromatic rings. The molecule has 1 aromatic heterocycles. The van der Waals surface area contributed by atoms with E-state index in [9.17, 15) is 0 Å². The summed E-state index contributed by atoms with van der Waals surface area (Å²) in [6, 6.07) is 12.7. The Bertz CT molecular complexity index is 798. The fourth-order valence-corrected chi connectivity index (χ4v) is 2.32. The van der Waals surface area contributed by atoms with E-state index in [1.807, 2.05) is 18.2 Å². The van der Waals surface area contributed by atoms with E-state index >= 15 is 0 Å². The highest BCUT2D eigenvalue weighted by atomic mass is 35.5. The molecule has 112 valence electrons.